The molecule has 18 heavy (non-hydrogen) atoms. The van der Waals surface area contributed by atoms with Gasteiger partial charge in [0.1, 0.15) is 5.75 Å². The second-order valence-electron chi connectivity index (χ2n) is 3.07. The molecule has 9 heteroatoms. The van der Waals surface area contributed by atoms with Gasteiger partial charge in [0.15, 0.2) is 0 Å². The number of hydrogen-bond acceptors (Lipinski definition) is 2. The summed E-state index contributed by atoms with van der Waals surface area (Å²) in [6.07, 6.45) is -4.83. The maximum atomic E-state index is 12.9. The largest absolute Gasteiger partial charge is 0.478 e. The number of halogens is 6. The van der Waals surface area contributed by atoms with E-state index in [1.165, 1.54) is 15.9 Å². The highest BCUT2D eigenvalue weighted by Crippen LogP contribution is 2.42. The highest BCUT2D eigenvalue weighted by molar-refractivity contribution is 9.10. The number of aromatic carboxylic acids is 1. The third-order valence-corrected chi connectivity index (χ3v) is 2.50. The van der Waals surface area contributed by atoms with Crippen molar-refractivity contribution in [1.29, 1.82) is 0 Å². The Morgan fingerprint density at radius 3 is 2.28 bits per heavy atom. The number of carboxylic acids is 1. The van der Waals surface area contributed by atoms with Crippen LogP contribution in [0.2, 0.25) is 5.02 Å². The Hall–Kier alpha value is -1.02. The summed E-state index contributed by atoms with van der Waals surface area (Å²) in [5.41, 5.74) is -0.290. The van der Waals surface area contributed by atoms with E-state index in [0.29, 0.717) is 0 Å². The van der Waals surface area contributed by atoms with Crippen LogP contribution >= 0.6 is 27.5 Å². The minimum Gasteiger partial charge on any atom is -0.478 e. The van der Waals surface area contributed by atoms with Gasteiger partial charge in [-0.15, -0.1) is 0 Å². The van der Waals surface area contributed by atoms with E-state index < -0.39 is 27.7 Å². The molecule has 0 unspecified atom stereocenters. The minimum absolute atomic E-state index is 0.290. The molecular formula is C9H4BrClF4O3. The number of ether oxygens (including phenoxy) is 1. The highest BCUT2D eigenvalue weighted by atomic mass is 79.9. The van der Waals surface area contributed by atoms with Gasteiger partial charge < -0.3 is 9.84 Å². The third kappa shape index (κ3) is 3.26. The summed E-state index contributed by atoms with van der Waals surface area (Å²) in [4.78, 5) is 5.95. The Labute approximate surface area is 111 Å². The first-order chi connectivity index (χ1) is 8.04. The normalized spacial score (nSPS) is 12.3. The van der Waals surface area contributed by atoms with Crippen LogP contribution in [0.25, 0.3) is 0 Å². The van der Waals surface area contributed by atoms with Gasteiger partial charge in [-0.1, -0.05) is 11.6 Å². The molecule has 0 saturated heterocycles. The van der Waals surface area contributed by atoms with E-state index in [-0.39, 0.29) is 5.56 Å². The lowest BCUT2D eigenvalue weighted by atomic mass is 10.2. The molecule has 0 spiro atoms. The summed E-state index contributed by atoms with van der Waals surface area (Å²) in [6, 6.07) is 2.46. The zero-order valence-electron chi connectivity index (χ0n) is 8.26. The predicted octanol–water partition coefficient (Wildman–Crippen LogP) is 4.00. The van der Waals surface area contributed by atoms with Crippen LogP contribution in [-0.4, -0.2) is 22.0 Å². The van der Waals surface area contributed by atoms with Crippen LogP contribution in [0, 0.1) is 0 Å². The SMILES string of the molecule is O=C(O)c1ccc(OC(F)(F)C(F)(F)Br)c(Cl)c1. The summed E-state index contributed by atoms with van der Waals surface area (Å²) in [6.45, 7) is 0. The minimum atomic E-state index is -4.83. The molecule has 3 nitrogen and oxygen atoms in total. The average molecular weight is 351 g/mol. The molecule has 1 aromatic carbocycles. The lowest BCUT2D eigenvalue weighted by Crippen LogP contribution is -2.40. The standard InChI is InChI=1S/C9H4BrClF4O3/c10-8(12,13)9(14,15)18-6-2-1-4(7(16)17)3-5(6)11/h1-3H,(H,16,17). The second kappa shape index (κ2) is 4.93. The molecule has 1 rings (SSSR count). The van der Waals surface area contributed by atoms with Gasteiger partial charge in [0.2, 0.25) is 0 Å². The topological polar surface area (TPSA) is 46.5 Å². The molecule has 0 aliphatic heterocycles. The first kappa shape index (κ1) is 15.0. The molecular weight excluding hydrogens is 347 g/mol. The van der Waals surface area contributed by atoms with Gasteiger partial charge in [0.05, 0.1) is 10.6 Å². The van der Waals surface area contributed by atoms with Crippen molar-refractivity contribution in [3.63, 3.8) is 0 Å². The lowest BCUT2D eigenvalue weighted by Gasteiger charge is -2.22. The first-order valence-electron chi connectivity index (χ1n) is 4.21. The fourth-order valence-electron chi connectivity index (χ4n) is 0.913. The molecule has 0 fully saturated rings. The molecule has 0 amide bonds. The van der Waals surface area contributed by atoms with Crippen molar-refractivity contribution in [2.75, 3.05) is 0 Å². The molecule has 0 radical (unpaired) electrons. The van der Waals surface area contributed by atoms with Crippen molar-refractivity contribution in [2.45, 2.75) is 10.9 Å². The smallest absolute Gasteiger partial charge is 0.475 e. The van der Waals surface area contributed by atoms with E-state index in [1.807, 2.05) is 0 Å². The van der Waals surface area contributed by atoms with Gasteiger partial charge in [-0.2, -0.15) is 17.6 Å². The van der Waals surface area contributed by atoms with Crippen LogP contribution in [0.3, 0.4) is 0 Å². The Balaban J connectivity index is 3.03. The summed E-state index contributed by atoms with van der Waals surface area (Å²) in [5, 5.41) is 8.06. The zero-order valence-corrected chi connectivity index (χ0v) is 10.6. The van der Waals surface area contributed by atoms with Crippen molar-refractivity contribution in [1.82, 2.24) is 0 Å². The molecule has 0 saturated carbocycles. The molecule has 1 aromatic rings. The summed E-state index contributed by atoms with van der Waals surface area (Å²) in [5.74, 6) is -2.10. The van der Waals surface area contributed by atoms with Crippen molar-refractivity contribution >= 4 is 33.5 Å². The summed E-state index contributed by atoms with van der Waals surface area (Å²) in [7, 11) is 0. The van der Waals surface area contributed by atoms with E-state index >= 15 is 0 Å². The van der Waals surface area contributed by atoms with E-state index in [1.54, 1.807) is 0 Å². The van der Waals surface area contributed by atoms with Crippen molar-refractivity contribution in [3.8, 4) is 5.75 Å². The molecule has 0 aliphatic rings. The van der Waals surface area contributed by atoms with Crippen LogP contribution in [0.15, 0.2) is 18.2 Å². The van der Waals surface area contributed by atoms with E-state index in [0.717, 1.165) is 18.2 Å². The Kier molecular flexibility index (Phi) is 4.12. The quantitative estimate of drug-likeness (QED) is 0.659. The maximum Gasteiger partial charge on any atom is 0.475 e. The second-order valence-corrected chi connectivity index (χ2v) is 4.47. The predicted molar refractivity (Wildman–Crippen MR) is 57.9 cm³/mol. The molecule has 1 N–H and O–H groups in total. The van der Waals surface area contributed by atoms with Crippen molar-refractivity contribution in [2.24, 2.45) is 0 Å². The third-order valence-electron chi connectivity index (χ3n) is 1.75. The number of rotatable bonds is 4. The Bertz CT molecular complexity index is 475. The van der Waals surface area contributed by atoms with E-state index in [9.17, 15) is 22.4 Å². The number of hydrogen-bond donors (Lipinski definition) is 1. The van der Waals surface area contributed by atoms with E-state index in [4.69, 9.17) is 16.7 Å². The maximum absolute atomic E-state index is 12.9. The van der Waals surface area contributed by atoms with Crippen LogP contribution in [0.4, 0.5) is 17.6 Å². The van der Waals surface area contributed by atoms with E-state index in [2.05, 4.69) is 4.74 Å². The molecule has 100 valence electrons. The van der Waals surface area contributed by atoms with Crippen LogP contribution < -0.4 is 4.74 Å². The number of benzene rings is 1. The molecule has 0 heterocycles. The van der Waals surface area contributed by atoms with Gasteiger partial charge in [-0.05, 0) is 18.2 Å². The van der Waals surface area contributed by atoms with Crippen molar-refractivity contribution in [3.05, 3.63) is 28.8 Å². The molecule has 0 bridgehead atoms. The van der Waals surface area contributed by atoms with Gasteiger partial charge in [0, 0.05) is 15.9 Å². The molecule has 0 aliphatic carbocycles. The number of alkyl halides is 5. The Morgan fingerprint density at radius 2 is 1.89 bits per heavy atom. The zero-order chi connectivity index (χ0) is 14.1. The van der Waals surface area contributed by atoms with Crippen LogP contribution in [-0.2, 0) is 0 Å². The van der Waals surface area contributed by atoms with Crippen LogP contribution in [0.5, 0.6) is 5.75 Å². The van der Waals surface area contributed by atoms with Gasteiger partial charge in [-0.25, -0.2) is 4.79 Å². The van der Waals surface area contributed by atoms with Gasteiger partial charge in [0.25, 0.3) is 0 Å². The summed E-state index contributed by atoms with van der Waals surface area (Å²) >= 11 is 6.92. The lowest BCUT2D eigenvalue weighted by molar-refractivity contribution is -0.266. The van der Waals surface area contributed by atoms with Crippen LogP contribution in [0.1, 0.15) is 10.4 Å². The Morgan fingerprint density at radius 1 is 1.33 bits per heavy atom. The molecule has 0 aromatic heterocycles. The number of carboxylic acid groups (broad SMARTS) is 1. The van der Waals surface area contributed by atoms with Gasteiger partial charge >= 0.3 is 16.9 Å². The first-order valence-corrected chi connectivity index (χ1v) is 5.38. The number of carbonyl (C=O) groups is 1. The van der Waals surface area contributed by atoms with Gasteiger partial charge in [-0.3, -0.25) is 0 Å². The monoisotopic (exact) mass is 350 g/mol. The highest BCUT2D eigenvalue weighted by Gasteiger charge is 2.58. The average Bonchev–Trinajstić information content (AvgIpc) is 2.18. The molecule has 0 atom stereocenters. The van der Waals surface area contributed by atoms with Crippen molar-refractivity contribution < 1.29 is 32.2 Å². The fraction of sp³-hybridized carbons (Fsp3) is 0.222. The fourth-order valence-corrected chi connectivity index (χ4v) is 1.21. The summed E-state index contributed by atoms with van der Waals surface area (Å²) < 4.78 is 54.4.